The Morgan fingerprint density at radius 2 is 2.56 bits per heavy atom. The van der Waals surface area contributed by atoms with Crippen molar-refractivity contribution >= 4 is 21.8 Å². The van der Waals surface area contributed by atoms with Gasteiger partial charge in [0.2, 0.25) is 5.91 Å². The van der Waals surface area contributed by atoms with Gasteiger partial charge in [-0.25, -0.2) is 0 Å². The lowest BCUT2D eigenvalue weighted by molar-refractivity contribution is -0.138. The summed E-state index contributed by atoms with van der Waals surface area (Å²) in [6.45, 7) is 0. The third kappa shape index (κ3) is 0.529. The van der Waals surface area contributed by atoms with Crippen LogP contribution in [0.1, 0.15) is 6.42 Å². The van der Waals surface area contributed by atoms with Crippen LogP contribution in [0.15, 0.2) is 12.3 Å². The van der Waals surface area contributed by atoms with Gasteiger partial charge >= 0.3 is 0 Å². The van der Waals surface area contributed by atoms with E-state index < -0.39 is 0 Å². The number of hydrogen-bond donors (Lipinski definition) is 0. The molecule has 3 heteroatoms. The second kappa shape index (κ2) is 1.59. The van der Waals surface area contributed by atoms with Crippen LogP contribution in [0.4, 0.5) is 0 Å². The van der Waals surface area contributed by atoms with Gasteiger partial charge in [-0.1, -0.05) is 22.0 Å². The molecule has 48 valence electrons. The van der Waals surface area contributed by atoms with Crippen molar-refractivity contribution in [1.82, 2.24) is 4.90 Å². The molecule has 1 amide bonds. The first kappa shape index (κ1) is 5.47. The van der Waals surface area contributed by atoms with Crippen molar-refractivity contribution in [3.63, 3.8) is 0 Å². The van der Waals surface area contributed by atoms with E-state index in [0.717, 1.165) is 6.42 Å². The molecular weight excluding hydrogens is 182 g/mol. The maximum absolute atomic E-state index is 10.9. The average Bonchev–Trinajstić information content (AvgIpc) is 2.30. The maximum atomic E-state index is 10.9. The third-order valence-corrected chi connectivity index (χ3v) is 2.83. The van der Waals surface area contributed by atoms with Crippen LogP contribution in [0.3, 0.4) is 0 Å². The van der Waals surface area contributed by atoms with Crippen molar-refractivity contribution < 1.29 is 4.79 Å². The van der Waals surface area contributed by atoms with E-state index in [1.165, 1.54) is 0 Å². The number of halogens is 1. The summed E-state index contributed by atoms with van der Waals surface area (Å²) in [5, 5.41) is 0. The Hall–Kier alpha value is -0.310. The predicted molar refractivity (Wildman–Crippen MR) is 37.1 cm³/mol. The Morgan fingerprint density at radius 3 is 3.22 bits per heavy atom. The minimum Gasteiger partial charge on any atom is -0.313 e. The molecule has 0 N–H and O–H groups in total. The van der Waals surface area contributed by atoms with Gasteiger partial charge < -0.3 is 4.90 Å². The minimum absolute atomic E-state index is 0.0903. The summed E-state index contributed by atoms with van der Waals surface area (Å²) in [4.78, 5) is 12.7. The highest BCUT2D eigenvalue weighted by Crippen LogP contribution is 2.33. The molecule has 1 unspecified atom stereocenters. The molecule has 2 atom stereocenters. The highest BCUT2D eigenvalue weighted by Gasteiger charge is 2.45. The summed E-state index contributed by atoms with van der Waals surface area (Å²) in [6, 6.07) is 0.428. The molecule has 9 heavy (non-hydrogen) atoms. The van der Waals surface area contributed by atoms with Gasteiger partial charge in [-0.2, -0.15) is 0 Å². The average molecular weight is 188 g/mol. The van der Waals surface area contributed by atoms with Crippen molar-refractivity contribution in [1.29, 1.82) is 0 Å². The zero-order valence-corrected chi connectivity index (χ0v) is 6.34. The molecule has 0 bridgehead atoms. The minimum atomic E-state index is 0.0903. The summed E-state index contributed by atoms with van der Waals surface area (Å²) in [6.07, 6.45) is 4.91. The number of alkyl halides is 1. The van der Waals surface area contributed by atoms with Crippen molar-refractivity contribution in [2.24, 2.45) is 0 Å². The SMILES string of the molecule is O=C1C(Br)[C@H]2CC=CN12. The molecule has 0 spiro atoms. The normalized spacial score (nSPS) is 38.8. The van der Waals surface area contributed by atoms with Crippen molar-refractivity contribution in [2.75, 3.05) is 0 Å². The van der Waals surface area contributed by atoms with Crippen LogP contribution >= 0.6 is 15.9 Å². The molecule has 0 aromatic heterocycles. The number of fused-ring (bicyclic) bond motifs is 1. The number of hydrogen-bond acceptors (Lipinski definition) is 1. The van der Waals surface area contributed by atoms with Crippen LogP contribution in [-0.2, 0) is 4.79 Å². The Kier molecular flexibility index (Phi) is 0.970. The zero-order chi connectivity index (χ0) is 6.43. The number of carbonyl (C=O) groups excluding carboxylic acids is 1. The molecule has 0 radical (unpaired) electrons. The smallest absolute Gasteiger partial charge is 0.242 e. The van der Waals surface area contributed by atoms with Crippen LogP contribution in [-0.4, -0.2) is 21.7 Å². The highest BCUT2D eigenvalue weighted by molar-refractivity contribution is 9.10. The first-order valence-corrected chi connectivity index (χ1v) is 3.85. The Morgan fingerprint density at radius 1 is 1.78 bits per heavy atom. The summed E-state index contributed by atoms with van der Waals surface area (Å²) < 4.78 is 0. The number of β-lactam (4-membered cyclic amide) rings is 1. The molecule has 1 saturated heterocycles. The van der Waals surface area contributed by atoms with Gasteiger partial charge in [0.1, 0.15) is 4.83 Å². The van der Waals surface area contributed by atoms with E-state index in [9.17, 15) is 4.79 Å². The Balaban J connectivity index is 2.21. The fraction of sp³-hybridized carbons (Fsp3) is 0.500. The van der Waals surface area contributed by atoms with E-state index in [4.69, 9.17) is 0 Å². The van der Waals surface area contributed by atoms with Gasteiger partial charge in [-0.3, -0.25) is 4.79 Å². The van der Waals surface area contributed by atoms with Crippen molar-refractivity contribution in [3.8, 4) is 0 Å². The topological polar surface area (TPSA) is 20.3 Å². The molecular formula is C6H6BrNO. The van der Waals surface area contributed by atoms with E-state index in [1.54, 1.807) is 4.90 Å². The first-order valence-electron chi connectivity index (χ1n) is 2.93. The zero-order valence-electron chi connectivity index (χ0n) is 4.75. The Bertz CT molecular complexity index is 189. The largest absolute Gasteiger partial charge is 0.313 e. The van der Waals surface area contributed by atoms with Gasteiger partial charge in [0.05, 0.1) is 6.04 Å². The van der Waals surface area contributed by atoms with Crippen LogP contribution in [0, 0.1) is 0 Å². The molecule has 2 heterocycles. The quantitative estimate of drug-likeness (QED) is 0.408. The number of carbonyl (C=O) groups is 1. The second-order valence-corrected chi connectivity index (χ2v) is 3.32. The highest BCUT2D eigenvalue weighted by atomic mass is 79.9. The van der Waals surface area contributed by atoms with Crippen molar-refractivity contribution in [2.45, 2.75) is 17.3 Å². The first-order chi connectivity index (χ1) is 4.30. The van der Waals surface area contributed by atoms with Gasteiger partial charge in [0.15, 0.2) is 0 Å². The molecule has 0 aromatic rings. The third-order valence-electron chi connectivity index (χ3n) is 1.83. The lowest BCUT2D eigenvalue weighted by Crippen LogP contribution is -2.56. The molecule has 0 saturated carbocycles. The van der Waals surface area contributed by atoms with E-state index in [2.05, 4.69) is 15.9 Å². The molecule has 2 aliphatic heterocycles. The summed E-state index contributed by atoms with van der Waals surface area (Å²) in [5.74, 6) is 0.203. The predicted octanol–water partition coefficient (Wildman–Crippen LogP) is 0.878. The fourth-order valence-electron chi connectivity index (χ4n) is 1.26. The summed E-state index contributed by atoms with van der Waals surface area (Å²) in [7, 11) is 0. The van der Waals surface area contributed by atoms with Gasteiger partial charge in [0, 0.05) is 6.20 Å². The second-order valence-electron chi connectivity index (χ2n) is 2.34. The fourth-order valence-corrected chi connectivity index (χ4v) is 1.97. The number of rotatable bonds is 0. The van der Waals surface area contributed by atoms with E-state index in [0.29, 0.717) is 6.04 Å². The maximum Gasteiger partial charge on any atom is 0.242 e. The van der Waals surface area contributed by atoms with Crippen LogP contribution in [0.2, 0.25) is 0 Å². The van der Waals surface area contributed by atoms with Gasteiger partial charge in [-0.05, 0) is 6.42 Å². The number of nitrogens with zero attached hydrogens (tertiary/aromatic N) is 1. The standard InChI is InChI=1S/C6H6BrNO/c7-5-4-2-1-3-8(4)6(5)9/h1,3-5H,2H2/t4-,5?/m1/s1. The summed E-state index contributed by atoms with van der Waals surface area (Å²) in [5.41, 5.74) is 0. The number of amides is 1. The molecule has 2 rings (SSSR count). The molecule has 2 nitrogen and oxygen atoms in total. The lowest BCUT2D eigenvalue weighted by atomic mass is 10.0. The van der Waals surface area contributed by atoms with E-state index in [1.807, 2.05) is 12.3 Å². The van der Waals surface area contributed by atoms with Crippen LogP contribution in [0.25, 0.3) is 0 Å². The molecule has 0 aliphatic carbocycles. The molecule has 1 fully saturated rings. The van der Waals surface area contributed by atoms with E-state index in [-0.39, 0.29) is 10.7 Å². The van der Waals surface area contributed by atoms with E-state index >= 15 is 0 Å². The monoisotopic (exact) mass is 187 g/mol. The van der Waals surface area contributed by atoms with Crippen LogP contribution in [0.5, 0.6) is 0 Å². The van der Waals surface area contributed by atoms with Crippen LogP contribution < -0.4 is 0 Å². The summed E-state index contributed by atoms with van der Waals surface area (Å²) >= 11 is 3.30. The molecule has 2 aliphatic rings. The lowest BCUT2D eigenvalue weighted by Gasteiger charge is -2.38. The Labute approximate surface area is 61.7 Å². The van der Waals surface area contributed by atoms with Gasteiger partial charge in [-0.15, -0.1) is 0 Å². The van der Waals surface area contributed by atoms with Crippen molar-refractivity contribution in [3.05, 3.63) is 12.3 Å². The van der Waals surface area contributed by atoms with Gasteiger partial charge in [0.25, 0.3) is 0 Å². The molecule has 0 aromatic carbocycles.